The molecule has 26 heavy (non-hydrogen) atoms. The second-order valence-corrected chi connectivity index (χ2v) is 7.33. The third kappa shape index (κ3) is 3.71. The molecule has 2 aromatic carbocycles. The molecule has 5 nitrogen and oxygen atoms in total. The first kappa shape index (κ1) is 17.0. The molecular weight excluding hydrogens is 366 g/mol. The van der Waals surface area contributed by atoms with E-state index in [0.717, 1.165) is 27.4 Å². The summed E-state index contributed by atoms with van der Waals surface area (Å²) in [5.41, 5.74) is 4.21. The van der Waals surface area contributed by atoms with Crippen molar-refractivity contribution in [2.75, 3.05) is 0 Å². The lowest BCUT2D eigenvalue weighted by atomic mass is 10.1. The maximum absolute atomic E-state index is 6.39. The Labute approximate surface area is 160 Å². The van der Waals surface area contributed by atoms with Gasteiger partial charge in [0.15, 0.2) is 0 Å². The van der Waals surface area contributed by atoms with Gasteiger partial charge in [-0.2, -0.15) is 0 Å². The lowest BCUT2D eigenvalue weighted by Gasteiger charge is -2.08. The van der Waals surface area contributed by atoms with E-state index in [1.807, 2.05) is 30.3 Å². The van der Waals surface area contributed by atoms with Crippen molar-refractivity contribution in [1.29, 1.82) is 0 Å². The highest BCUT2D eigenvalue weighted by atomic mass is 35.5. The molecule has 0 spiro atoms. The molecule has 2 heterocycles. The van der Waals surface area contributed by atoms with E-state index in [2.05, 4.69) is 51.7 Å². The number of hydrogen-bond donors (Lipinski definition) is 0. The summed E-state index contributed by atoms with van der Waals surface area (Å²) in [5, 5.41) is 14.4. The standard InChI is InChI=1S/C19H16ClN5S/c1-13-7-8-17-15(9-13)10-16(18(20)21-17)11-25-19(22-23-24-25)26-12-14-5-3-2-4-6-14/h2-10H,11-12H2,1H3. The van der Waals surface area contributed by atoms with Crippen LogP contribution < -0.4 is 0 Å². The molecule has 0 amide bonds. The summed E-state index contributed by atoms with van der Waals surface area (Å²) in [7, 11) is 0. The summed E-state index contributed by atoms with van der Waals surface area (Å²) in [4.78, 5) is 4.50. The molecule has 0 aliphatic rings. The number of nitrogens with zero attached hydrogens (tertiary/aromatic N) is 5. The normalized spacial score (nSPS) is 11.2. The van der Waals surface area contributed by atoms with Gasteiger partial charge in [0.1, 0.15) is 5.15 Å². The fraction of sp³-hybridized carbons (Fsp3) is 0.158. The van der Waals surface area contributed by atoms with Gasteiger partial charge in [0.25, 0.3) is 0 Å². The summed E-state index contributed by atoms with van der Waals surface area (Å²) in [6.07, 6.45) is 0. The van der Waals surface area contributed by atoms with Gasteiger partial charge in [-0.3, -0.25) is 0 Å². The predicted molar refractivity (Wildman–Crippen MR) is 104 cm³/mol. The van der Waals surface area contributed by atoms with Crippen LogP contribution in [0.15, 0.2) is 59.8 Å². The molecule has 0 fully saturated rings. The number of benzene rings is 2. The Hall–Kier alpha value is -2.44. The molecule has 4 rings (SSSR count). The van der Waals surface area contributed by atoms with Crippen molar-refractivity contribution in [2.45, 2.75) is 24.4 Å². The SMILES string of the molecule is Cc1ccc2nc(Cl)c(Cn3nnnc3SCc3ccccc3)cc2c1. The zero-order valence-electron chi connectivity index (χ0n) is 14.1. The number of thioether (sulfide) groups is 1. The molecule has 0 aliphatic heterocycles. The molecule has 0 bridgehead atoms. The number of aryl methyl sites for hydroxylation is 1. The lowest BCUT2D eigenvalue weighted by Crippen LogP contribution is -2.05. The van der Waals surface area contributed by atoms with Crippen LogP contribution in [0.1, 0.15) is 16.7 Å². The van der Waals surface area contributed by atoms with E-state index in [1.54, 1.807) is 16.4 Å². The van der Waals surface area contributed by atoms with Crippen molar-refractivity contribution in [2.24, 2.45) is 0 Å². The van der Waals surface area contributed by atoms with E-state index in [4.69, 9.17) is 11.6 Å². The quantitative estimate of drug-likeness (QED) is 0.375. The van der Waals surface area contributed by atoms with E-state index in [1.165, 1.54) is 11.1 Å². The number of aromatic nitrogens is 5. The van der Waals surface area contributed by atoms with Gasteiger partial charge >= 0.3 is 0 Å². The van der Waals surface area contributed by atoms with E-state index >= 15 is 0 Å². The van der Waals surface area contributed by atoms with Crippen molar-refractivity contribution in [3.8, 4) is 0 Å². The fourth-order valence-electron chi connectivity index (χ4n) is 2.71. The molecule has 4 aromatic rings. The van der Waals surface area contributed by atoms with Gasteiger partial charge in [-0.05, 0) is 41.1 Å². The third-order valence-electron chi connectivity index (χ3n) is 4.03. The first-order valence-electron chi connectivity index (χ1n) is 8.18. The van der Waals surface area contributed by atoms with Crippen LogP contribution in [0.4, 0.5) is 0 Å². The number of pyridine rings is 1. The maximum Gasteiger partial charge on any atom is 0.209 e. The van der Waals surface area contributed by atoms with Gasteiger partial charge in [0, 0.05) is 16.7 Å². The van der Waals surface area contributed by atoms with Gasteiger partial charge in [0.2, 0.25) is 5.16 Å². The number of tetrazole rings is 1. The lowest BCUT2D eigenvalue weighted by molar-refractivity contribution is 0.602. The predicted octanol–water partition coefficient (Wildman–Crippen LogP) is 4.52. The zero-order valence-corrected chi connectivity index (χ0v) is 15.7. The summed E-state index contributed by atoms with van der Waals surface area (Å²) >= 11 is 7.99. The summed E-state index contributed by atoms with van der Waals surface area (Å²) in [5.74, 6) is 0.810. The van der Waals surface area contributed by atoms with Crippen LogP contribution >= 0.6 is 23.4 Å². The topological polar surface area (TPSA) is 56.5 Å². The van der Waals surface area contributed by atoms with Crippen molar-refractivity contribution in [3.63, 3.8) is 0 Å². The van der Waals surface area contributed by atoms with Crippen LogP contribution in [0, 0.1) is 6.92 Å². The molecule has 2 aromatic heterocycles. The van der Waals surface area contributed by atoms with E-state index < -0.39 is 0 Å². The highest BCUT2D eigenvalue weighted by molar-refractivity contribution is 7.98. The molecule has 0 saturated carbocycles. The summed E-state index contributed by atoms with van der Waals surface area (Å²) < 4.78 is 1.76. The highest BCUT2D eigenvalue weighted by Gasteiger charge is 2.12. The number of hydrogen-bond acceptors (Lipinski definition) is 5. The molecule has 130 valence electrons. The van der Waals surface area contributed by atoms with Crippen molar-refractivity contribution < 1.29 is 0 Å². The fourth-order valence-corrected chi connectivity index (χ4v) is 3.75. The van der Waals surface area contributed by atoms with Crippen LogP contribution in [0.2, 0.25) is 5.15 Å². The third-order valence-corrected chi connectivity index (χ3v) is 5.38. The molecule has 0 radical (unpaired) electrons. The molecule has 0 atom stereocenters. The molecule has 0 saturated heterocycles. The number of fused-ring (bicyclic) bond motifs is 1. The average molecular weight is 382 g/mol. The number of rotatable bonds is 5. The molecule has 0 N–H and O–H groups in total. The Morgan fingerprint density at radius 2 is 1.92 bits per heavy atom. The Kier molecular flexibility index (Phi) is 4.86. The maximum atomic E-state index is 6.39. The average Bonchev–Trinajstić information content (AvgIpc) is 3.09. The number of halogens is 1. The molecular formula is C19H16ClN5S. The minimum atomic E-state index is 0.482. The van der Waals surface area contributed by atoms with Crippen LogP contribution in [0.5, 0.6) is 0 Å². The van der Waals surface area contributed by atoms with Crippen LogP contribution in [-0.2, 0) is 12.3 Å². The molecule has 0 unspecified atom stereocenters. The van der Waals surface area contributed by atoms with Crippen molar-refractivity contribution in [3.05, 3.63) is 76.4 Å². The van der Waals surface area contributed by atoms with Crippen molar-refractivity contribution in [1.82, 2.24) is 25.2 Å². The zero-order chi connectivity index (χ0) is 17.9. The Morgan fingerprint density at radius 3 is 2.77 bits per heavy atom. The first-order chi connectivity index (χ1) is 12.7. The summed E-state index contributed by atoms with van der Waals surface area (Å²) in [6.45, 7) is 2.55. The largest absolute Gasteiger partial charge is 0.236 e. The Balaban J connectivity index is 1.57. The van der Waals surface area contributed by atoms with Gasteiger partial charge in [-0.25, -0.2) is 9.67 Å². The van der Waals surface area contributed by atoms with Gasteiger partial charge in [0.05, 0.1) is 12.1 Å². The van der Waals surface area contributed by atoms with Crippen molar-refractivity contribution >= 4 is 34.3 Å². The van der Waals surface area contributed by atoms with Crippen LogP contribution in [0.25, 0.3) is 10.9 Å². The van der Waals surface area contributed by atoms with E-state index in [-0.39, 0.29) is 0 Å². The van der Waals surface area contributed by atoms with Crippen LogP contribution in [-0.4, -0.2) is 25.2 Å². The smallest absolute Gasteiger partial charge is 0.209 e. The van der Waals surface area contributed by atoms with Gasteiger partial charge in [-0.1, -0.05) is 65.3 Å². The minimum Gasteiger partial charge on any atom is -0.236 e. The van der Waals surface area contributed by atoms with E-state index in [9.17, 15) is 0 Å². The molecule has 7 heteroatoms. The van der Waals surface area contributed by atoms with Gasteiger partial charge in [-0.15, -0.1) is 5.10 Å². The Morgan fingerprint density at radius 1 is 1.08 bits per heavy atom. The Bertz CT molecular complexity index is 1050. The second kappa shape index (κ2) is 7.43. The van der Waals surface area contributed by atoms with E-state index in [0.29, 0.717) is 11.7 Å². The molecule has 0 aliphatic carbocycles. The second-order valence-electron chi connectivity index (χ2n) is 6.03. The summed E-state index contributed by atoms with van der Waals surface area (Å²) in [6, 6.07) is 18.4. The highest BCUT2D eigenvalue weighted by Crippen LogP contribution is 2.25. The first-order valence-corrected chi connectivity index (χ1v) is 9.54. The minimum absolute atomic E-state index is 0.482. The monoisotopic (exact) mass is 381 g/mol. The van der Waals surface area contributed by atoms with Gasteiger partial charge < -0.3 is 0 Å². The van der Waals surface area contributed by atoms with Crippen LogP contribution in [0.3, 0.4) is 0 Å².